The monoisotopic (exact) mass is 350 g/mol. The van der Waals surface area contributed by atoms with Gasteiger partial charge in [-0.1, -0.05) is 32.4 Å². The van der Waals surface area contributed by atoms with Crippen LogP contribution in [0.4, 0.5) is 5.69 Å². The lowest BCUT2D eigenvalue weighted by Gasteiger charge is -2.51. The number of anilines is 1. The molecule has 2 aliphatic rings. The van der Waals surface area contributed by atoms with Crippen molar-refractivity contribution in [2.75, 3.05) is 24.1 Å². The van der Waals surface area contributed by atoms with E-state index in [0.29, 0.717) is 17.6 Å². The second kappa shape index (κ2) is 6.68. The number of benzene rings is 1. The van der Waals surface area contributed by atoms with Gasteiger partial charge in [0, 0.05) is 18.3 Å². The molecule has 1 saturated heterocycles. The molecule has 1 aliphatic carbocycles. The maximum absolute atomic E-state index is 11.5. The molecule has 1 heterocycles. The van der Waals surface area contributed by atoms with Gasteiger partial charge in [-0.3, -0.25) is 4.72 Å². The minimum atomic E-state index is -3.23. The van der Waals surface area contributed by atoms with Gasteiger partial charge in [-0.05, 0) is 61.3 Å². The van der Waals surface area contributed by atoms with Crippen LogP contribution in [0.2, 0.25) is 0 Å². The van der Waals surface area contributed by atoms with Crippen molar-refractivity contribution in [1.82, 2.24) is 4.90 Å². The molecule has 0 aromatic heterocycles. The van der Waals surface area contributed by atoms with Gasteiger partial charge in [0.25, 0.3) is 0 Å². The standard InChI is InChI=1S/C19H30N2O2S/c1-15(2)14-21-11-10-19(9-5-8-18(21)13-19)16-6-4-7-17(12-16)20-24(3,22)23/h4,6-7,12,15,18,20H,5,8-11,13-14H2,1-3H3. The molecule has 1 saturated carbocycles. The fourth-order valence-corrected chi connectivity index (χ4v) is 5.21. The number of hydrogen-bond donors (Lipinski definition) is 1. The Kier molecular flexibility index (Phi) is 4.94. The number of rotatable bonds is 5. The third kappa shape index (κ3) is 3.94. The molecule has 0 radical (unpaired) electrons. The molecule has 1 aromatic rings. The highest BCUT2D eigenvalue weighted by atomic mass is 32.2. The molecule has 2 atom stereocenters. The van der Waals surface area contributed by atoms with Gasteiger partial charge in [0.15, 0.2) is 0 Å². The first-order chi connectivity index (χ1) is 11.3. The largest absolute Gasteiger partial charge is 0.300 e. The molecule has 4 nitrogen and oxygen atoms in total. The fraction of sp³-hybridized carbons (Fsp3) is 0.684. The highest BCUT2D eigenvalue weighted by Gasteiger charge is 2.43. The molecule has 2 unspecified atom stereocenters. The van der Waals surface area contributed by atoms with Crippen LogP contribution in [0.1, 0.15) is 51.5 Å². The van der Waals surface area contributed by atoms with Gasteiger partial charge in [0.05, 0.1) is 6.26 Å². The zero-order valence-corrected chi connectivity index (χ0v) is 15.9. The highest BCUT2D eigenvalue weighted by molar-refractivity contribution is 7.92. The molecular weight excluding hydrogens is 320 g/mol. The van der Waals surface area contributed by atoms with Crippen molar-refractivity contribution in [3.8, 4) is 0 Å². The second-order valence-corrected chi connectivity index (χ2v) is 9.87. The molecule has 1 aliphatic heterocycles. The number of nitrogens with one attached hydrogen (secondary N) is 1. The van der Waals surface area contributed by atoms with Crippen LogP contribution in [-0.4, -0.2) is 38.7 Å². The van der Waals surface area contributed by atoms with E-state index in [0.717, 1.165) is 6.54 Å². The Bertz CT molecular complexity index is 686. The van der Waals surface area contributed by atoms with E-state index < -0.39 is 10.0 Å². The van der Waals surface area contributed by atoms with Crippen molar-refractivity contribution in [3.05, 3.63) is 29.8 Å². The molecule has 0 amide bonds. The first-order valence-electron chi connectivity index (χ1n) is 9.10. The van der Waals surface area contributed by atoms with E-state index in [1.165, 1.54) is 50.5 Å². The lowest BCUT2D eigenvalue weighted by atomic mass is 9.63. The van der Waals surface area contributed by atoms with Gasteiger partial charge in [0.2, 0.25) is 10.0 Å². The SMILES string of the molecule is CC(C)CN1CCC2(c3cccc(NS(C)(=O)=O)c3)CCCC1C2. The summed E-state index contributed by atoms with van der Waals surface area (Å²) >= 11 is 0. The molecule has 1 aromatic carbocycles. The van der Waals surface area contributed by atoms with Crippen molar-refractivity contribution in [2.24, 2.45) is 5.92 Å². The summed E-state index contributed by atoms with van der Waals surface area (Å²) in [7, 11) is -3.23. The maximum atomic E-state index is 11.5. The second-order valence-electron chi connectivity index (χ2n) is 8.12. The summed E-state index contributed by atoms with van der Waals surface area (Å²) < 4.78 is 25.7. The third-order valence-corrected chi connectivity index (χ3v) is 6.20. The molecule has 24 heavy (non-hydrogen) atoms. The average Bonchev–Trinajstić information content (AvgIpc) is 2.49. The number of sulfonamides is 1. The predicted octanol–water partition coefficient (Wildman–Crippen LogP) is 3.60. The smallest absolute Gasteiger partial charge is 0.229 e. The summed E-state index contributed by atoms with van der Waals surface area (Å²) in [6.07, 6.45) is 7.39. The van der Waals surface area contributed by atoms with Gasteiger partial charge in [-0.25, -0.2) is 8.42 Å². The number of likely N-dealkylation sites (tertiary alicyclic amines) is 1. The summed E-state index contributed by atoms with van der Waals surface area (Å²) in [5.41, 5.74) is 2.23. The summed E-state index contributed by atoms with van der Waals surface area (Å²) in [5, 5.41) is 0. The minimum Gasteiger partial charge on any atom is -0.300 e. The predicted molar refractivity (Wildman–Crippen MR) is 99.9 cm³/mol. The van der Waals surface area contributed by atoms with Gasteiger partial charge < -0.3 is 4.90 Å². The summed E-state index contributed by atoms with van der Waals surface area (Å²) in [6, 6.07) is 8.76. The molecule has 2 bridgehead atoms. The molecular formula is C19H30N2O2S. The van der Waals surface area contributed by atoms with Crippen molar-refractivity contribution in [2.45, 2.75) is 57.4 Å². The maximum Gasteiger partial charge on any atom is 0.229 e. The van der Waals surface area contributed by atoms with Crippen LogP contribution in [-0.2, 0) is 15.4 Å². The van der Waals surface area contributed by atoms with Crippen LogP contribution in [0.15, 0.2) is 24.3 Å². The van der Waals surface area contributed by atoms with E-state index in [1.807, 2.05) is 12.1 Å². The minimum absolute atomic E-state index is 0.228. The normalized spacial score (nSPS) is 28.1. The van der Waals surface area contributed by atoms with Gasteiger partial charge in [-0.2, -0.15) is 0 Å². The zero-order chi connectivity index (χ0) is 17.4. The quantitative estimate of drug-likeness (QED) is 0.883. The third-order valence-electron chi connectivity index (χ3n) is 5.59. The lowest BCUT2D eigenvalue weighted by molar-refractivity contribution is 0.0435. The lowest BCUT2D eigenvalue weighted by Crippen LogP contribution is -2.52. The van der Waals surface area contributed by atoms with E-state index in [9.17, 15) is 8.42 Å². The van der Waals surface area contributed by atoms with E-state index in [2.05, 4.69) is 35.6 Å². The van der Waals surface area contributed by atoms with Crippen molar-refractivity contribution < 1.29 is 8.42 Å². The van der Waals surface area contributed by atoms with Crippen LogP contribution in [0.3, 0.4) is 0 Å². The molecule has 5 heteroatoms. The van der Waals surface area contributed by atoms with Crippen LogP contribution in [0, 0.1) is 5.92 Å². The number of piperidine rings is 1. The Morgan fingerprint density at radius 1 is 1.33 bits per heavy atom. The van der Waals surface area contributed by atoms with E-state index >= 15 is 0 Å². The molecule has 1 N–H and O–H groups in total. The van der Waals surface area contributed by atoms with Crippen LogP contribution in [0.25, 0.3) is 0 Å². The fourth-order valence-electron chi connectivity index (χ4n) is 4.65. The first kappa shape index (κ1) is 17.7. The first-order valence-corrected chi connectivity index (χ1v) is 11.0. The number of fused-ring (bicyclic) bond motifs is 2. The number of nitrogens with zero attached hydrogens (tertiary/aromatic N) is 1. The van der Waals surface area contributed by atoms with E-state index in [1.54, 1.807) is 0 Å². The van der Waals surface area contributed by atoms with Gasteiger partial charge in [0.1, 0.15) is 0 Å². The molecule has 2 fully saturated rings. The number of hydrogen-bond acceptors (Lipinski definition) is 3. The van der Waals surface area contributed by atoms with Crippen molar-refractivity contribution in [3.63, 3.8) is 0 Å². The van der Waals surface area contributed by atoms with Crippen molar-refractivity contribution in [1.29, 1.82) is 0 Å². The highest BCUT2D eigenvalue weighted by Crippen LogP contribution is 2.47. The van der Waals surface area contributed by atoms with E-state index in [-0.39, 0.29) is 5.41 Å². The molecule has 134 valence electrons. The topological polar surface area (TPSA) is 49.4 Å². The van der Waals surface area contributed by atoms with Crippen LogP contribution in [0.5, 0.6) is 0 Å². The Balaban J connectivity index is 1.83. The van der Waals surface area contributed by atoms with E-state index in [4.69, 9.17) is 0 Å². The van der Waals surface area contributed by atoms with Gasteiger partial charge in [-0.15, -0.1) is 0 Å². The Morgan fingerprint density at radius 3 is 2.83 bits per heavy atom. The Labute approximate surface area is 146 Å². The zero-order valence-electron chi connectivity index (χ0n) is 15.1. The summed E-state index contributed by atoms with van der Waals surface area (Å²) in [4.78, 5) is 2.68. The van der Waals surface area contributed by atoms with Crippen LogP contribution >= 0.6 is 0 Å². The summed E-state index contributed by atoms with van der Waals surface area (Å²) in [6.45, 7) is 6.94. The molecule has 0 spiro atoms. The van der Waals surface area contributed by atoms with Crippen LogP contribution < -0.4 is 4.72 Å². The van der Waals surface area contributed by atoms with Gasteiger partial charge >= 0.3 is 0 Å². The summed E-state index contributed by atoms with van der Waals surface area (Å²) in [5.74, 6) is 0.710. The Morgan fingerprint density at radius 2 is 2.12 bits per heavy atom. The van der Waals surface area contributed by atoms with Crippen molar-refractivity contribution >= 4 is 15.7 Å². The molecule has 3 rings (SSSR count). The average molecular weight is 351 g/mol. The Hall–Kier alpha value is -1.07.